The molecule has 0 saturated heterocycles. The van der Waals surface area contributed by atoms with Gasteiger partial charge in [-0.1, -0.05) is 0 Å². The van der Waals surface area contributed by atoms with Crippen molar-refractivity contribution in [1.29, 1.82) is 0 Å². The lowest BCUT2D eigenvalue weighted by atomic mass is 10.2. The number of carbonyl (C=O) groups is 1. The van der Waals surface area contributed by atoms with Crippen LogP contribution in [0.2, 0.25) is 0 Å². The van der Waals surface area contributed by atoms with Crippen LogP contribution in [0.4, 0.5) is 5.13 Å². The fourth-order valence-electron chi connectivity index (χ4n) is 1.73. The summed E-state index contributed by atoms with van der Waals surface area (Å²) in [5.74, 6) is -0.0246. The third-order valence-electron chi connectivity index (χ3n) is 3.24. The van der Waals surface area contributed by atoms with Crippen molar-refractivity contribution in [3.8, 4) is 0 Å². The van der Waals surface area contributed by atoms with Crippen LogP contribution in [-0.2, 0) is 11.2 Å². The summed E-state index contributed by atoms with van der Waals surface area (Å²) < 4.78 is 0. The molecule has 5 nitrogen and oxygen atoms in total. The van der Waals surface area contributed by atoms with Gasteiger partial charge in [0.2, 0.25) is 5.91 Å². The molecule has 1 atom stereocenters. The van der Waals surface area contributed by atoms with E-state index in [1.165, 1.54) is 16.2 Å². The van der Waals surface area contributed by atoms with Gasteiger partial charge >= 0.3 is 0 Å². The van der Waals surface area contributed by atoms with E-state index in [1.54, 1.807) is 17.5 Å². The first-order chi connectivity index (χ1) is 9.58. The minimum Gasteiger partial charge on any atom is -0.301 e. The first kappa shape index (κ1) is 15.1. The molecule has 2 aromatic rings. The Bertz CT molecular complexity index is 552. The highest BCUT2D eigenvalue weighted by Crippen LogP contribution is 2.14. The Hall–Kier alpha value is -1.31. The number of aryl methyl sites for hydroxylation is 1. The molecule has 0 radical (unpaired) electrons. The van der Waals surface area contributed by atoms with Gasteiger partial charge in [-0.2, -0.15) is 0 Å². The number of thiazole rings is 2. The van der Waals surface area contributed by atoms with Crippen molar-refractivity contribution in [3.05, 3.63) is 27.7 Å². The maximum atomic E-state index is 12.1. The number of hydrogen-bond acceptors (Lipinski definition) is 6. The molecule has 108 valence electrons. The van der Waals surface area contributed by atoms with Gasteiger partial charge in [-0.15, -0.1) is 22.7 Å². The highest BCUT2D eigenvalue weighted by molar-refractivity contribution is 7.13. The minimum absolute atomic E-state index is 0.0246. The molecular weight excluding hydrogens is 292 g/mol. The summed E-state index contributed by atoms with van der Waals surface area (Å²) in [5.41, 5.74) is 2.95. The highest BCUT2D eigenvalue weighted by atomic mass is 32.1. The van der Waals surface area contributed by atoms with Crippen molar-refractivity contribution in [3.63, 3.8) is 0 Å². The molecule has 1 amide bonds. The molecule has 2 rings (SSSR count). The van der Waals surface area contributed by atoms with E-state index in [9.17, 15) is 4.79 Å². The van der Waals surface area contributed by atoms with Crippen LogP contribution in [0.25, 0.3) is 0 Å². The molecule has 20 heavy (non-hydrogen) atoms. The molecular formula is C13H18N4OS2. The summed E-state index contributed by atoms with van der Waals surface area (Å²) in [4.78, 5) is 23.7. The molecule has 7 heteroatoms. The molecule has 0 bridgehead atoms. The molecule has 0 unspecified atom stereocenters. The number of anilines is 1. The Balaban J connectivity index is 1.83. The van der Waals surface area contributed by atoms with Crippen molar-refractivity contribution >= 4 is 33.7 Å². The summed E-state index contributed by atoms with van der Waals surface area (Å²) >= 11 is 3.09. The zero-order valence-corrected chi connectivity index (χ0v) is 13.4. The number of likely N-dealkylation sites (N-methyl/N-ethyl adjacent to an activating group) is 1. The predicted molar refractivity (Wildman–Crippen MR) is 83.4 cm³/mol. The van der Waals surface area contributed by atoms with Crippen LogP contribution >= 0.6 is 22.7 Å². The van der Waals surface area contributed by atoms with E-state index in [-0.39, 0.29) is 11.9 Å². The summed E-state index contributed by atoms with van der Waals surface area (Å²) in [7, 11) is 1.96. The fourth-order valence-corrected chi connectivity index (χ4v) is 3.04. The lowest BCUT2D eigenvalue weighted by molar-refractivity contribution is -0.120. The molecule has 0 saturated carbocycles. The Morgan fingerprint density at radius 1 is 1.45 bits per heavy atom. The molecule has 0 spiro atoms. The Labute approximate surface area is 126 Å². The molecule has 0 aliphatic rings. The van der Waals surface area contributed by atoms with Crippen molar-refractivity contribution < 1.29 is 4.79 Å². The smallest absolute Gasteiger partial charge is 0.243 e. The van der Waals surface area contributed by atoms with Crippen molar-refractivity contribution in [2.24, 2.45) is 0 Å². The molecule has 2 aromatic heterocycles. The number of rotatable bonds is 6. The zero-order chi connectivity index (χ0) is 14.5. The van der Waals surface area contributed by atoms with E-state index in [4.69, 9.17) is 0 Å². The molecule has 0 fully saturated rings. The average Bonchev–Trinajstić information content (AvgIpc) is 3.07. The van der Waals surface area contributed by atoms with Gasteiger partial charge < -0.3 is 5.32 Å². The van der Waals surface area contributed by atoms with Gasteiger partial charge in [0.25, 0.3) is 0 Å². The first-order valence-electron chi connectivity index (χ1n) is 6.37. The van der Waals surface area contributed by atoms with E-state index < -0.39 is 0 Å². The van der Waals surface area contributed by atoms with Crippen LogP contribution in [0.1, 0.15) is 17.5 Å². The monoisotopic (exact) mass is 310 g/mol. The normalized spacial score (nSPS) is 12.6. The number of nitrogens with zero attached hydrogens (tertiary/aromatic N) is 3. The van der Waals surface area contributed by atoms with E-state index in [0.717, 1.165) is 18.7 Å². The van der Waals surface area contributed by atoms with Crippen molar-refractivity contribution in [2.75, 3.05) is 18.9 Å². The van der Waals surface area contributed by atoms with Crippen LogP contribution in [0.5, 0.6) is 0 Å². The third-order valence-corrected chi connectivity index (χ3v) is 4.92. The van der Waals surface area contributed by atoms with Crippen molar-refractivity contribution in [2.45, 2.75) is 26.3 Å². The number of hydrogen-bond donors (Lipinski definition) is 1. The highest BCUT2D eigenvalue weighted by Gasteiger charge is 2.19. The molecule has 2 heterocycles. The second-order valence-electron chi connectivity index (χ2n) is 4.59. The quantitative estimate of drug-likeness (QED) is 0.890. The van der Waals surface area contributed by atoms with Crippen LogP contribution in [-0.4, -0.2) is 40.4 Å². The van der Waals surface area contributed by atoms with Gasteiger partial charge in [-0.25, -0.2) is 9.97 Å². The standard InChI is InChI=1S/C13H18N4OS2/c1-9-11(20-8-15-9)4-6-17(3)10(2)12(18)16-13-14-5-7-19-13/h5,7-8,10H,4,6H2,1-3H3,(H,14,16,18)/t10-/m1/s1. The largest absolute Gasteiger partial charge is 0.301 e. The maximum Gasteiger partial charge on any atom is 0.243 e. The second-order valence-corrected chi connectivity index (χ2v) is 6.43. The van der Waals surface area contributed by atoms with E-state index >= 15 is 0 Å². The second kappa shape index (κ2) is 6.92. The molecule has 0 aromatic carbocycles. The van der Waals surface area contributed by atoms with Gasteiger partial charge in [-0.05, 0) is 27.3 Å². The average molecular weight is 310 g/mol. The predicted octanol–water partition coefficient (Wildman–Crippen LogP) is 2.41. The van der Waals surface area contributed by atoms with Gasteiger partial charge in [0.1, 0.15) is 0 Å². The Morgan fingerprint density at radius 3 is 2.85 bits per heavy atom. The lowest BCUT2D eigenvalue weighted by Crippen LogP contribution is -2.40. The Kier molecular flexibility index (Phi) is 5.22. The topological polar surface area (TPSA) is 58.1 Å². The van der Waals surface area contributed by atoms with Crippen LogP contribution in [0, 0.1) is 6.92 Å². The van der Waals surface area contributed by atoms with Crippen molar-refractivity contribution in [1.82, 2.24) is 14.9 Å². The van der Waals surface area contributed by atoms with E-state index in [2.05, 4.69) is 15.3 Å². The van der Waals surface area contributed by atoms with Gasteiger partial charge in [-0.3, -0.25) is 9.69 Å². The minimum atomic E-state index is -0.188. The van der Waals surface area contributed by atoms with E-state index in [1.807, 2.05) is 36.7 Å². The number of carbonyl (C=O) groups excluding carboxylic acids is 1. The van der Waals surface area contributed by atoms with Gasteiger partial charge in [0.05, 0.1) is 17.2 Å². The SMILES string of the molecule is Cc1ncsc1CCN(C)[C@H](C)C(=O)Nc1nccs1. The molecule has 0 aliphatic carbocycles. The summed E-state index contributed by atoms with van der Waals surface area (Å²) in [5, 5.41) is 5.31. The maximum absolute atomic E-state index is 12.1. The first-order valence-corrected chi connectivity index (χ1v) is 8.13. The van der Waals surface area contributed by atoms with Gasteiger partial charge in [0, 0.05) is 23.0 Å². The molecule has 0 aliphatic heterocycles. The van der Waals surface area contributed by atoms with Gasteiger partial charge in [0.15, 0.2) is 5.13 Å². The van der Waals surface area contributed by atoms with Crippen LogP contribution in [0.15, 0.2) is 17.1 Å². The molecule has 1 N–H and O–H groups in total. The van der Waals surface area contributed by atoms with Crippen LogP contribution in [0.3, 0.4) is 0 Å². The number of amides is 1. The number of aromatic nitrogens is 2. The lowest BCUT2D eigenvalue weighted by Gasteiger charge is -2.23. The fraction of sp³-hybridized carbons (Fsp3) is 0.462. The Morgan fingerprint density at radius 2 is 2.25 bits per heavy atom. The summed E-state index contributed by atoms with van der Waals surface area (Å²) in [6.07, 6.45) is 2.60. The third kappa shape index (κ3) is 3.84. The van der Waals surface area contributed by atoms with E-state index in [0.29, 0.717) is 5.13 Å². The zero-order valence-electron chi connectivity index (χ0n) is 11.8. The summed E-state index contributed by atoms with van der Waals surface area (Å²) in [6.45, 7) is 4.75. The summed E-state index contributed by atoms with van der Waals surface area (Å²) in [6, 6.07) is -0.188. The number of nitrogens with one attached hydrogen (secondary N) is 1. The van der Waals surface area contributed by atoms with Crippen LogP contribution < -0.4 is 5.32 Å².